The maximum Gasteiger partial charge on any atom is 0.239 e. The zero-order valence-corrected chi connectivity index (χ0v) is 12.1. The number of nitrogens with one attached hydrogen (secondary N) is 1. The van der Waals surface area contributed by atoms with Gasteiger partial charge in [0.2, 0.25) is 5.91 Å². The van der Waals surface area contributed by atoms with Gasteiger partial charge in [-0.05, 0) is 43.7 Å². The Morgan fingerprint density at radius 3 is 2.52 bits per heavy atom. The van der Waals surface area contributed by atoms with E-state index in [0.717, 1.165) is 45.3 Å². The smallest absolute Gasteiger partial charge is 0.239 e. The maximum atomic E-state index is 12.8. The molecule has 2 fully saturated rings. The molecule has 0 aromatic heterocycles. The number of rotatable bonds is 3. The van der Waals surface area contributed by atoms with Gasteiger partial charge in [0.15, 0.2) is 0 Å². The Morgan fingerprint density at radius 1 is 1.19 bits per heavy atom. The Hall–Kier alpha value is -1.62. The second kappa shape index (κ2) is 6.43. The molecule has 0 aliphatic carbocycles. The third kappa shape index (κ3) is 3.53. The molecule has 114 valence electrons. The van der Waals surface area contributed by atoms with Crippen molar-refractivity contribution in [2.45, 2.75) is 37.8 Å². The summed E-state index contributed by atoms with van der Waals surface area (Å²) >= 11 is 0. The van der Waals surface area contributed by atoms with Gasteiger partial charge >= 0.3 is 0 Å². The average Bonchev–Trinajstić information content (AvgIpc) is 3.04. The first-order chi connectivity index (χ1) is 10.2. The summed E-state index contributed by atoms with van der Waals surface area (Å²) in [5.41, 5.74) is 0. The van der Waals surface area contributed by atoms with Crippen LogP contribution in [-0.2, 0) is 4.79 Å². The molecule has 4 nitrogen and oxygen atoms in total. The second-order valence-corrected chi connectivity index (χ2v) is 5.75. The van der Waals surface area contributed by atoms with Crippen LogP contribution in [0.2, 0.25) is 0 Å². The van der Waals surface area contributed by atoms with Gasteiger partial charge in [0.25, 0.3) is 0 Å². The lowest BCUT2D eigenvalue weighted by Gasteiger charge is -2.33. The summed E-state index contributed by atoms with van der Waals surface area (Å²) in [6.45, 7) is 2.42. The van der Waals surface area contributed by atoms with Gasteiger partial charge in [-0.3, -0.25) is 4.79 Å². The molecule has 1 aromatic carbocycles. The average molecular weight is 292 g/mol. The fraction of sp³-hybridized carbons (Fsp3) is 0.562. The monoisotopic (exact) mass is 292 g/mol. The summed E-state index contributed by atoms with van der Waals surface area (Å²) in [5.74, 6) is 0.665. The molecule has 0 saturated carbocycles. The molecule has 3 rings (SSSR count). The number of benzene rings is 1. The van der Waals surface area contributed by atoms with E-state index in [-0.39, 0.29) is 23.9 Å². The minimum absolute atomic E-state index is 0.0135. The molecule has 2 aliphatic rings. The summed E-state index contributed by atoms with van der Waals surface area (Å²) in [4.78, 5) is 14.2. The van der Waals surface area contributed by atoms with E-state index in [1.54, 1.807) is 12.1 Å². The SMILES string of the molecule is O=C(C1CCCN1)N1CCC(Oc2ccc(F)cc2)CC1. The van der Waals surface area contributed by atoms with Crippen molar-refractivity contribution in [3.63, 3.8) is 0 Å². The van der Waals surface area contributed by atoms with Crippen molar-refractivity contribution < 1.29 is 13.9 Å². The molecule has 2 heterocycles. The molecule has 2 aliphatic heterocycles. The molecule has 1 N–H and O–H groups in total. The first kappa shape index (κ1) is 14.3. The van der Waals surface area contributed by atoms with Gasteiger partial charge in [-0.25, -0.2) is 4.39 Å². The minimum Gasteiger partial charge on any atom is -0.490 e. The van der Waals surface area contributed by atoms with Crippen LogP contribution in [0, 0.1) is 5.82 Å². The van der Waals surface area contributed by atoms with E-state index in [1.165, 1.54) is 12.1 Å². The highest BCUT2D eigenvalue weighted by atomic mass is 19.1. The fourth-order valence-electron chi connectivity index (χ4n) is 3.02. The fourth-order valence-corrected chi connectivity index (χ4v) is 3.02. The third-order valence-electron chi connectivity index (χ3n) is 4.23. The van der Waals surface area contributed by atoms with E-state index in [2.05, 4.69) is 5.32 Å². The Bertz CT molecular complexity index is 478. The largest absolute Gasteiger partial charge is 0.490 e. The summed E-state index contributed by atoms with van der Waals surface area (Å²) in [7, 11) is 0. The van der Waals surface area contributed by atoms with E-state index in [0.29, 0.717) is 5.75 Å². The van der Waals surface area contributed by atoms with Crippen LogP contribution in [0.4, 0.5) is 4.39 Å². The van der Waals surface area contributed by atoms with Crippen molar-refractivity contribution >= 4 is 5.91 Å². The number of ether oxygens (including phenoxy) is 1. The number of amides is 1. The first-order valence-corrected chi connectivity index (χ1v) is 7.67. The summed E-state index contributed by atoms with van der Waals surface area (Å²) in [6, 6.07) is 6.11. The van der Waals surface area contributed by atoms with Gasteiger partial charge in [0.1, 0.15) is 17.7 Å². The zero-order valence-electron chi connectivity index (χ0n) is 12.1. The Labute approximate surface area is 124 Å². The standard InChI is InChI=1S/C16H21FN2O2/c17-12-3-5-13(6-4-12)21-14-7-10-19(11-8-14)16(20)15-2-1-9-18-15/h3-6,14-15,18H,1-2,7-11H2. The van der Waals surface area contributed by atoms with Gasteiger partial charge in [-0.1, -0.05) is 0 Å². The molecule has 1 unspecified atom stereocenters. The minimum atomic E-state index is -0.258. The molecule has 1 atom stereocenters. The molecule has 21 heavy (non-hydrogen) atoms. The van der Waals surface area contributed by atoms with Gasteiger partial charge in [0.05, 0.1) is 6.04 Å². The highest BCUT2D eigenvalue weighted by Crippen LogP contribution is 2.20. The summed E-state index contributed by atoms with van der Waals surface area (Å²) < 4.78 is 18.7. The maximum absolute atomic E-state index is 12.8. The topological polar surface area (TPSA) is 41.6 Å². The zero-order chi connectivity index (χ0) is 14.7. The highest BCUT2D eigenvalue weighted by molar-refractivity contribution is 5.82. The molecule has 0 bridgehead atoms. The van der Waals surface area contributed by atoms with Crippen molar-refractivity contribution in [3.05, 3.63) is 30.1 Å². The molecule has 1 aromatic rings. The Balaban J connectivity index is 1.48. The first-order valence-electron chi connectivity index (χ1n) is 7.67. The normalized spacial score (nSPS) is 23.3. The summed E-state index contributed by atoms with van der Waals surface area (Å²) in [5, 5.41) is 3.25. The van der Waals surface area contributed by atoms with Crippen LogP contribution in [0.5, 0.6) is 5.75 Å². The Kier molecular flexibility index (Phi) is 4.39. The van der Waals surface area contributed by atoms with E-state index in [1.807, 2.05) is 4.90 Å². The van der Waals surface area contributed by atoms with Crippen molar-refractivity contribution in [2.24, 2.45) is 0 Å². The molecule has 1 amide bonds. The molecule has 5 heteroatoms. The lowest BCUT2D eigenvalue weighted by Crippen LogP contribution is -2.48. The van der Waals surface area contributed by atoms with Crippen LogP contribution in [-0.4, -0.2) is 42.6 Å². The van der Waals surface area contributed by atoms with Crippen LogP contribution in [0.15, 0.2) is 24.3 Å². The Morgan fingerprint density at radius 2 is 1.90 bits per heavy atom. The van der Waals surface area contributed by atoms with E-state index in [4.69, 9.17) is 4.74 Å². The number of nitrogens with zero attached hydrogens (tertiary/aromatic N) is 1. The van der Waals surface area contributed by atoms with Gasteiger partial charge in [-0.15, -0.1) is 0 Å². The second-order valence-electron chi connectivity index (χ2n) is 5.75. The van der Waals surface area contributed by atoms with Crippen LogP contribution in [0.25, 0.3) is 0 Å². The highest BCUT2D eigenvalue weighted by Gasteiger charge is 2.30. The van der Waals surface area contributed by atoms with Gasteiger partial charge in [-0.2, -0.15) is 0 Å². The number of hydrogen-bond acceptors (Lipinski definition) is 3. The van der Waals surface area contributed by atoms with Gasteiger partial charge < -0.3 is 15.0 Å². The third-order valence-corrected chi connectivity index (χ3v) is 4.23. The van der Waals surface area contributed by atoms with Crippen molar-refractivity contribution in [1.29, 1.82) is 0 Å². The van der Waals surface area contributed by atoms with E-state index in [9.17, 15) is 9.18 Å². The molecule has 0 radical (unpaired) electrons. The number of hydrogen-bond donors (Lipinski definition) is 1. The van der Waals surface area contributed by atoms with E-state index >= 15 is 0 Å². The molecule has 2 saturated heterocycles. The lowest BCUT2D eigenvalue weighted by atomic mass is 10.1. The van der Waals surface area contributed by atoms with Crippen LogP contribution < -0.4 is 10.1 Å². The van der Waals surface area contributed by atoms with Crippen molar-refractivity contribution in [2.75, 3.05) is 19.6 Å². The number of likely N-dealkylation sites (tertiary alicyclic amines) is 1. The van der Waals surface area contributed by atoms with Crippen molar-refractivity contribution in [3.8, 4) is 5.75 Å². The van der Waals surface area contributed by atoms with Crippen LogP contribution >= 0.6 is 0 Å². The number of halogens is 1. The lowest BCUT2D eigenvalue weighted by molar-refractivity contribution is -0.134. The predicted octanol–water partition coefficient (Wildman–Crippen LogP) is 1.95. The molecular weight excluding hydrogens is 271 g/mol. The quantitative estimate of drug-likeness (QED) is 0.926. The number of carbonyl (C=O) groups is 1. The molecule has 0 spiro atoms. The number of piperidine rings is 1. The van der Waals surface area contributed by atoms with Gasteiger partial charge in [0, 0.05) is 25.9 Å². The van der Waals surface area contributed by atoms with Crippen LogP contribution in [0.1, 0.15) is 25.7 Å². The summed E-state index contributed by atoms with van der Waals surface area (Å²) in [6.07, 6.45) is 3.80. The van der Waals surface area contributed by atoms with E-state index < -0.39 is 0 Å². The predicted molar refractivity (Wildman–Crippen MR) is 77.7 cm³/mol. The molecular formula is C16H21FN2O2. The van der Waals surface area contributed by atoms with Crippen LogP contribution in [0.3, 0.4) is 0 Å². The number of carbonyl (C=O) groups excluding carboxylic acids is 1. The van der Waals surface area contributed by atoms with Crippen molar-refractivity contribution in [1.82, 2.24) is 10.2 Å².